The van der Waals surface area contributed by atoms with Crippen molar-refractivity contribution in [1.29, 1.82) is 0 Å². The lowest BCUT2D eigenvalue weighted by Crippen LogP contribution is -2.23. The molecule has 1 fully saturated rings. The molecule has 0 aromatic heterocycles. The molecule has 0 heterocycles. The van der Waals surface area contributed by atoms with E-state index < -0.39 is 0 Å². The number of carbonyl (C=O) groups excluding carboxylic acids is 1. The second-order valence-electron chi connectivity index (χ2n) is 5.75. The lowest BCUT2D eigenvalue weighted by molar-refractivity contribution is -0.129. The Labute approximate surface area is 135 Å². The molecule has 1 aliphatic carbocycles. The number of halogens is 1. The summed E-state index contributed by atoms with van der Waals surface area (Å²) in [7, 11) is 3.52. The van der Waals surface area contributed by atoms with E-state index in [1.165, 1.54) is 12.8 Å². The molecule has 0 unspecified atom stereocenters. The van der Waals surface area contributed by atoms with Crippen LogP contribution in [0.2, 0.25) is 0 Å². The first-order chi connectivity index (χ1) is 9.97. The molecule has 0 spiro atoms. The first-order valence-corrected chi connectivity index (χ1v) is 8.12. The fourth-order valence-corrected chi connectivity index (χ4v) is 2.76. The zero-order valence-electron chi connectivity index (χ0n) is 12.9. The van der Waals surface area contributed by atoms with Gasteiger partial charge in [0.1, 0.15) is 5.75 Å². The predicted octanol–water partition coefficient (Wildman–Crippen LogP) is 2.87. The summed E-state index contributed by atoms with van der Waals surface area (Å²) in [5, 5.41) is 3.51. The number of nitrogens with one attached hydrogen (secondary N) is 1. The van der Waals surface area contributed by atoms with Gasteiger partial charge in [-0.05, 0) is 37.5 Å². The Bertz CT molecular complexity index is 513. The second kappa shape index (κ2) is 7.27. The molecule has 1 saturated carbocycles. The Hall–Kier alpha value is -1.07. The average Bonchev–Trinajstić information content (AvgIpc) is 3.22. The third kappa shape index (κ3) is 5.00. The van der Waals surface area contributed by atoms with E-state index in [9.17, 15) is 4.79 Å². The zero-order valence-corrected chi connectivity index (χ0v) is 14.5. The minimum atomic E-state index is 0.0856. The number of rotatable bonds is 7. The lowest BCUT2D eigenvalue weighted by atomic mass is 10.1. The summed E-state index contributed by atoms with van der Waals surface area (Å²) in [5.74, 6) is 0.986. The van der Waals surface area contributed by atoms with Crippen molar-refractivity contribution in [2.75, 3.05) is 20.7 Å². The van der Waals surface area contributed by atoms with Crippen molar-refractivity contribution in [2.24, 2.45) is 0 Å². The van der Waals surface area contributed by atoms with Crippen molar-refractivity contribution >= 4 is 21.8 Å². The molecule has 21 heavy (non-hydrogen) atoms. The van der Waals surface area contributed by atoms with Gasteiger partial charge in [0.15, 0.2) is 0 Å². The highest BCUT2D eigenvalue weighted by atomic mass is 79.9. The number of ether oxygens (including phenoxy) is 1. The largest absolute Gasteiger partial charge is 0.492 e. The van der Waals surface area contributed by atoms with Crippen molar-refractivity contribution in [1.82, 2.24) is 10.2 Å². The van der Waals surface area contributed by atoms with Crippen molar-refractivity contribution < 1.29 is 9.53 Å². The summed E-state index contributed by atoms with van der Waals surface area (Å²) < 4.78 is 6.95. The second-order valence-corrected chi connectivity index (χ2v) is 6.67. The third-order valence-electron chi connectivity index (χ3n) is 3.54. The van der Waals surface area contributed by atoms with Crippen LogP contribution in [0.1, 0.15) is 30.4 Å². The Morgan fingerprint density at radius 2 is 2.14 bits per heavy atom. The number of carbonyl (C=O) groups is 1. The highest BCUT2D eigenvalue weighted by Gasteiger charge is 2.21. The standard InChI is InChI=1S/C16H23BrN2O2/c1-11-8-13(17)9-12(10-18-14-4-5-14)16(11)21-7-6-15(20)19(2)3/h8-9,14,18H,4-7,10H2,1-3H3. The van der Waals surface area contributed by atoms with Gasteiger partial charge in [0.25, 0.3) is 0 Å². The summed E-state index contributed by atoms with van der Waals surface area (Å²) >= 11 is 3.54. The van der Waals surface area contributed by atoms with Gasteiger partial charge in [0, 0.05) is 36.7 Å². The quantitative estimate of drug-likeness (QED) is 0.818. The molecule has 5 heteroatoms. The fraction of sp³-hybridized carbons (Fsp3) is 0.562. The van der Waals surface area contributed by atoms with Crippen LogP contribution in [0, 0.1) is 6.92 Å². The van der Waals surface area contributed by atoms with E-state index in [0.29, 0.717) is 19.1 Å². The maximum atomic E-state index is 11.6. The summed E-state index contributed by atoms with van der Waals surface area (Å²) in [5.41, 5.74) is 2.24. The molecule has 1 amide bonds. The monoisotopic (exact) mass is 354 g/mol. The Morgan fingerprint density at radius 1 is 1.43 bits per heavy atom. The van der Waals surface area contributed by atoms with Gasteiger partial charge in [-0.2, -0.15) is 0 Å². The van der Waals surface area contributed by atoms with E-state index in [-0.39, 0.29) is 5.91 Å². The molecular formula is C16H23BrN2O2. The molecule has 0 aliphatic heterocycles. The van der Waals surface area contributed by atoms with Gasteiger partial charge >= 0.3 is 0 Å². The highest BCUT2D eigenvalue weighted by molar-refractivity contribution is 9.10. The topological polar surface area (TPSA) is 41.6 Å². The molecule has 1 N–H and O–H groups in total. The summed E-state index contributed by atoms with van der Waals surface area (Å²) in [6, 6.07) is 4.79. The minimum absolute atomic E-state index is 0.0856. The van der Waals surface area contributed by atoms with Crippen LogP contribution in [0.5, 0.6) is 5.75 Å². The minimum Gasteiger partial charge on any atom is -0.492 e. The van der Waals surface area contributed by atoms with Crippen molar-refractivity contribution in [3.8, 4) is 5.75 Å². The van der Waals surface area contributed by atoms with Crippen LogP contribution in [-0.4, -0.2) is 37.6 Å². The molecule has 1 aromatic rings. The molecule has 0 bridgehead atoms. The van der Waals surface area contributed by atoms with Crippen LogP contribution in [0.3, 0.4) is 0 Å². The maximum absolute atomic E-state index is 11.6. The van der Waals surface area contributed by atoms with Crippen molar-refractivity contribution in [3.63, 3.8) is 0 Å². The molecule has 0 saturated heterocycles. The fourth-order valence-electron chi connectivity index (χ4n) is 2.14. The van der Waals surface area contributed by atoms with Gasteiger partial charge in [-0.1, -0.05) is 15.9 Å². The molecule has 0 radical (unpaired) electrons. The number of nitrogens with zero attached hydrogens (tertiary/aromatic N) is 1. The van der Waals surface area contributed by atoms with Gasteiger partial charge in [0.05, 0.1) is 13.0 Å². The number of amides is 1. The van der Waals surface area contributed by atoms with Crippen LogP contribution in [0.15, 0.2) is 16.6 Å². The van der Waals surface area contributed by atoms with Gasteiger partial charge in [-0.15, -0.1) is 0 Å². The van der Waals surface area contributed by atoms with Gasteiger partial charge < -0.3 is 15.0 Å². The van der Waals surface area contributed by atoms with E-state index >= 15 is 0 Å². The summed E-state index contributed by atoms with van der Waals surface area (Å²) in [6.07, 6.45) is 2.93. The van der Waals surface area contributed by atoms with Gasteiger partial charge in [-0.3, -0.25) is 4.79 Å². The SMILES string of the molecule is Cc1cc(Br)cc(CNC2CC2)c1OCCC(=O)N(C)C. The van der Waals surface area contributed by atoms with E-state index in [4.69, 9.17) is 4.74 Å². The Kier molecular flexibility index (Phi) is 5.65. The number of hydrogen-bond acceptors (Lipinski definition) is 3. The first kappa shape index (κ1) is 16.3. The molecule has 1 aliphatic rings. The van der Waals surface area contributed by atoms with Crippen LogP contribution in [0.4, 0.5) is 0 Å². The van der Waals surface area contributed by atoms with E-state index in [2.05, 4.69) is 27.3 Å². The van der Waals surface area contributed by atoms with Crippen LogP contribution in [0.25, 0.3) is 0 Å². The average molecular weight is 355 g/mol. The van der Waals surface area contributed by atoms with Crippen LogP contribution in [-0.2, 0) is 11.3 Å². The van der Waals surface area contributed by atoms with Gasteiger partial charge in [-0.25, -0.2) is 0 Å². The number of hydrogen-bond donors (Lipinski definition) is 1. The van der Waals surface area contributed by atoms with Crippen molar-refractivity contribution in [3.05, 3.63) is 27.7 Å². The molecule has 116 valence electrons. The maximum Gasteiger partial charge on any atom is 0.225 e. The third-order valence-corrected chi connectivity index (χ3v) is 3.99. The van der Waals surface area contributed by atoms with E-state index in [0.717, 1.165) is 27.9 Å². The Balaban J connectivity index is 1.99. The number of aryl methyl sites for hydroxylation is 1. The molecule has 4 nitrogen and oxygen atoms in total. The van der Waals surface area contributed by atoms with Crippen LogP contribution >= 0.6 is 15.9 Å². The first-order valence-electron chi connectivity index (χ1n) is 7.32. The van der Waals surface area contributed by atoms with Crippen LogP contribution < -0.4 is 10.1 Å². The van der Waals surface area contributed by atoms with Crippen molar-refractivity contribution in [2.45, 2.75) is 38.8 Å². The van der Waals surface area contributed by atoms with Gasteiger partial charge in [0.2, 0.25) is 5.91 Å². The zero-order chi connectivity index (χ0) is 15.4. The van der Waals surface area contributed by atoms with E-state index in [1.54, 1.807) is 19.0 Å². The predicted molar refractivity (Wildman–Crippen MR) is 87.5 cm³/mol. The Morgan fingerprint density at radius 3 is 2.76 bits per heavy atom. The normalized spacial score (nSPS) is 14.1. The summed E-state index contributed by atoms with van der Waals surface area (Å²) in [6.45, 7) is 3.26. The molecule has 0 atom stereocenters. The highest BCUT2D eigenvalue weighted by Crippen LogP contribution is 2.29. The molecule has 2 rings (SSSR count). The lowest BCUT2D eigenvalue weighted by Gasteiger charge is -2.16. The van der Waals surface area contributed by atoms with E-state index in [1.807, 2.05) is 13.0 Å². The molecule has 1 aromatic carbocycles. The molecular weight excluding hydrogens is 332 g/mol. The number of benzene rings is 1. The summed E-state index contributed by atoms with van der Waals surface area (Å²) in [4.78, 5) is 13.2. The smallest absolute Gasteiger partial charge is 0.225 e.